The summed E-state index contributed by atoms with van der Waals surface area (Å²) in [4.78, 5) is 0. The summed E-state index contributed by atoms with van der Waals surface area (Å²) in [6.07, 6.45) is 7.14. The van der Waals surface area contributed by atoms with Gasteiger partial charge in [-0.3, -0.25) is 0 Å². The first-order valence-corrected chi connectivity index (χ1v) is 18.6. The molecule has 8 aromatic carbocycles. The maximum Gasteiger partial charge on any atom is 0.0361 e. The van der Waals surface area contributed by atoms with Gasteiger partial charge in [-0.15, -0.1) is 11.3 Å². The van der Waals surface area contributed by atoms with Gasteiger partial charge >= 0.3 is 0 Å². The van der Waals surface area contributed by atoms with E-state index in [0.29, 0.717) is 0 Å². The van der Waals surface area contributed by atoms with E-state index < -0.39 is 0 Å². The lowest BCUT2D eigenvalue weighted by atomic mass is 9.78. The van der Waals surface area contributed by atoms with Crippen LogP contribution in [0.2, 0.25) is 0 Å². The molecule has 1 aromatic heterocycles. The van der Waals surface area contributed by atoms with Gasteiger partial charge in [0.25, 0.3) is 0 Å². The number of hydrogen-bond donors (Lipinski definition) is 0. The van der Waals surface area contributed by atoms with Crippen molar-refractivity contribution < 1.29 is 0 Å². The molecule has 0 N–H and O–H groups in total. The minimum absolute atomic E-state index is 0.103. The predicted molar refractivity (Wildman–Crippen MR) is 218 cm³/mol. The Morgan fingerprint density at radius 3 is 1.98 bits per heavy atom. The summed E-state index contributed by atoms with van der Waals surface area (Å²) >= 11 is 1.92. The minimum Gasteiger partial charge on any atom is -0.135 e. The largest absolute Gasteiger partial charge is 0.135 e. The number of benzene rings is 8. The average molecular weight is 655 g/mol. The topological polar surface area (TPSA) is 0 Å². The van der Waals surface area contributed by atoms with Crippen LogP contribution in [0.3, 0.4) is 0 Å². The van der Waals surface area contributed by atoms with Gasteiger partial charge in [0.1, 0.15) is 0 Å². The van der Waals surface area contributed by atoms with Crippen LogP contribution in [0.4, 0.5) is 0 Å². The highest BCUT2D eigenvalue weighted by Crippen LogP contribution is 2.54. The SMILES string of the molecule is CC1(C)c2ccccc2-c2cc(-c3c4c(c(-c5ccc6ccccc6c5)c5ccccc35)=CCCC=4)c3cc4c(cc3c21)sc1ccccc14. The van der Waals surface area contributed by atoms with Crippen LogP contribution >= 0.6 is 11.3 Å². The van der Waals surface area contributed by atoms with Crippen molar-refractivity contribution in [3.8, 4) is 33.4 Å². The molecule has 0 bridgehead atoms. The van der Waals surface area contributed by atoms with Crippen LogP contribution in [0.15, 0.2) is 133 Å². The van der Waals surface area contributed by atoms with Gasteiger partial charge in [0, 0.05) is 25.6 Å². The molecular weight excluding hydrogens is 621 g/mol. The first-order valence-electron chi connectivity index (χ1n) is 17.8. The molecule has 1 heterocycles. The molecule has 0 fully saturated rings. The van der Waals surface area contributed by atoms with Crippen LogP contribution in [0.25, 0.3) is 98.0 Å². The van der Waals surface area contributed by atoms with Gasteiger partial charge in [-0.25, -0.2) is 0 Å². The summed E-state index contributed by atoms with van der Waals surface area (Å²) in [5.74, 6) is 0. The van der Waals surface area contributed by atoms with E-state index in [0.717, 1.165) is 12.8 Å². The number of fused-ring (bicyclic) bond motifs is 11. The Hall–Kier alpha value is -5.50. The molecule has 50 heavy (non-hydrogen) atoms. The van der Waals surface area contributed by atoms with Crippen molar-refractivity contribution in [3.63, 3.8) is 0 Å². The Kier molecular flexibility index (Phi) is 5.82. The minimum atomic E-state index is -0.103. The number of hydrogen-bond acceptors (Lipinski definition) is 1. The molecule has 0 aliphatic heterocycles. The lowest BCUT2D eigenvalue weighted by Gasteiger charge is -2.25. The fourth-order valence-corrected chi connectivity index (χ4v) is 10.6. The Morgan fingerprint density at radius 1 is 0.460 bits per heavy atom. The lowest BCUT2D eigenvalue weighted by molar-refractivity contribution is 0.666. The van der Waals surface area contributed by atoms with Crippen LogP contribution in [0.1, 0.15) is 37.8 Å². The Balaban J connectivity index is 1.33. The van der Waals surface area contributed by atoms with Crippen LogP contribution in [0, 0.1) is 0 Å². The quantitative estimate of drug-likeness (QED) is 0.174. The molecular formula is C49H34S. The summed E-state index contributed by atoms with van der Waals surface area (Å²) < 4.78 is 2.72. The van der Waals surface area contributed by atoms with Crippen molar-refractivity contribution in [1.82, 2.24) is 0 Å². The molecule has 0 amide bonds. The highest BCUT2D eigenvalue weighted by Gasteiger charge is 2.38. The van der Waals surface area contributed by atoms with Crippen molar-refractivity contribution in [2.24, 2.45) is 0 Å². The Labute approximate surface area is 295 Å². The fraction of sp³-hybridized carbons (Fsp3) is 0.102. The standard InChI is InChI=1S/C49H34S/c1-49(2)43-21-11-9-15-32(43)41-27-40(38-26-39-33-16-10-12-22-44(33)50-45(39)28-42(38)48(41)49)47-36-19-7-5-17-34(36)46(35-18-6-8-20-37(35)47)31-24-23-29-13-3-4-14-30(29)25-31/h3-5,7,9-28H,6,8H2,1-2H3. The zero-order valence-electron chi connectivity index (χ0n) is 28.2. The van der Waals surface area contributed by atoms with Crippen molar-refractivity contribution in [1.29, 1.82) is 0 Å². The molecule has 0 unspecified atom stereocenters. The third kappa shape index (κ3) is 3.82. The van der Waals surface area contributed by atoms with E-state index in [1.807, 2.05) is 11.3 Å². The van der Waals surface area contributed by atoms with Gasteiger partial charge < -0.3 is 0 Å². The summed E-state index contributed by atoms with van der Waals surface area (Å²) in [6, 6.07) is 50.5. The molecule has 2 aliphatic rings. The summed E-state index contributed by atoms with van der Waals surface area (Å²) in [5, 5.41) is 13.4. The van der Waals surface area contributed by atoms with Gasteiger partial charge in [0.2, 0.25) is 0 Å². The second-order valence-corrected chi connectivity index (χ2v) is 15.8. The summed E-state index contributed by atoms with van der Waals surface area (Å²) in [6.45, 7) is 4.84. The van der Waals surface area contributed by atoms with Gasteiger partial charge in [0.05, 0.1) is 0 Å². The highest BCUT2D eigenvalue weighted by molar-refractivity contribution is 7.25. The van der Waals surface area contributed by atoms with Crippen LogP contribution in [0.5, 0.6) is 0 Å². The third-order valence-corrected chi connectivity index (χ3v) is 12.7. The molecule has 9 aromatic rings. The highest BCUT2D eigenvalue weighted by atomic mass is 32.1. The van der Waals surface area contributed by atoms with Crippen molar-refractivity contribution in [2.45, 2.75) is 32.1 Å². The van der Waals surface area contributed by atoms with Gasteiger partial charge in [-0.1, -0.05) is 129 Å². The van der Waals surface area contributed by atoms with Crippen molar-refractivity contribution in [3.05, 3.63) is 155 Å². The Bertz CT molecular complexity index is 3060. The molecule has 0 saturated carbocycles. The van der Waals surface area contributed by atoms with Gasteiger partial charge in [-0.2, -0.15) is 0 Å². The first kappa shape index (κ1) is 28.3. The van der Waals surface area contributed by atoms with Crippen LogP contribution in [-0.2, 0) is 5.41 Å². The molecule has 0 spiro atoms. The van der Waals surface area contributed by atoms with E-state index in [9.17, 15) is 0 Å². The molecule has 0 radical (unpaired) electrons. The van der Waals surface area contributed by atoms with Crippen molar-refractivity contribution in [2.75, 3.05) is 0 Å². The van der Waals surface area contributed by atoms with E-state index in [1.165, 1.54) is 107 Å². The smallest absolute Gasteiger partial charge is 0.0361 e. The molecule has 236 valence electrons. The van der Waals surface area contributed by atoms with Crippen LogP contribution in [-0.4, -0.2) is 0 Å². The predicted octanol–water partition coefficient (Wildman–Crippen LogP) is 12.5. The molecule has 1 heteroatoms. The third-order valence-electron chi connectivity index (χ3n) is 11.6. The molecule has 2 aliphatic carbocycles. The molecule has 11 rings (SSSR count). The van der Waals surface area contributed by atoms with E-state index in [-0.39, 0.29) is 5.41 Å². The fourth-order valence-electron chi connectivity index (χ4n) is 9.43. The lowest BCUT2D eigenvalue weighted by Crippen LogP contribution is -2.31. The second kappa shape index (κ2) is 10.3. The summed E-state index contributed by atoms with van der Waals surface area (Å²) in [7, 11) is 0. The second-order valence-electron chi connectivity index (χ2n) is 14.7. The van der Waals surface area contributed by atoms with Crippen molar-refractivity contribution >= 4 is 76.0 Å². The molecule has 0 saturated heterocycles. The van der Waals surface area contributed by atoms with E-state index in [4.69, 9.17) is 0 Å². The zero-order chi connectivity index (χ0) is 33.1. The normalized spacial score (nSPS) is 14.5. The maximum atomic E-state index is 2.56. The number of rotatable bonds is 2. The van der Waals surface area contributed by atoms with Gasteiger partial charge in [-0.05, 0) is 130 Å². The summed E-state index contributed by atoms with van der Waals surface area (Å²) in [5.41, 5.74) is 10.9. The molecule has 0 nitrogen and oxygen atoms in total. The monoisotopic (exact) mass is 654 g/mol. The van der Waals surface area contributed by atoms with E-state index in [1.54, 1.807) is 0 Å². The molecule has 0 atom stereocenters. The zero-order valence-corrected chi connectivity index (χ0v) is 29.0. The maximum absolute atomic E-state index is 2.56. The Morgan fingerprint density at radius 2 is 1.14 bits per heavy atom. The first-order chi connectivity index (χ1) is 24.6. The average Bonchev–Trinajstić information content (AvgIpc) is 3.63. The van der Waals surface area contributed by atoms with Gasteiger partial charge in [0.15, 0.2) is 0 Å². The number of thiophene rings is 1. The van der Waals surface area contributed by atoms with Crippen LogP contribution < -0.4 is 10.4 Å². The van der Waals surface area contributed by atoms with E-state index >= 15 is 0 Å². The van der Waals surface area contributed by atoms with E-state index in [2.05, 4.69) is 159 Å².